The molecule has 2 unspecified atom stereocenters. The second-order valence-electron chi connectivity index (χ2n) is 5.29. The smallest absolute Gasteiger partial charge is 0.308 e. The quantitative estimate of drug-likeness (QED) is 0.787. The van der Waals surface area contributed by atoms with E-state index in [1.165, 1.54) is 0 Å². The van der Waals surface area contributed by atoms with Crippen molar-refractivity contribution < 1.29 is 14.6 Å². The number of aliphatic carboxylic acids is 1. The van der Waals surface area contributed by atoms with Crippen LogP contribution in [0.15, 0.2) is 0 Å². The molecule has 0 radical (unpaired) electrons. The molecule has 4 heteroatoms. The number of carbonyl (C=O) groups is 1. The van der Waals surface area contributed by atoms with E-state index in [-0.39, 0.29) is 11.8 Å². The first-order valence-corrected chi connectivity index (χ1v) is 6.17. The largest absolute Gasteiger partial charge is 0.481 e. The SMILES string of the molecule is CC1CCC(CN2C[C@@H](C)[C@H](C(=O)O)C2)O1. The number of carboxylic acid groups (broad SMARTS) is 1. The summed E-state index contributed by atoms with van der Waals surface area (Å²) in [5.74, 6) is -0.592. The molecule has 0 amide bonds. The lowest BCUT2D eigenvalue weighted by molar-refractivity contribution is -0.142. The van der Waals surface area contributed by atoms with E-state index < -0.39 is 5.97 Å². The lowest BCUT2D eigenvalue weighted by atomic mass is 9.99. The van der Waals surface area contributed by atoms with E-state index in [1.54, 1.807) is 0 Å². The molecule has 2 fully saturated rings. The Hall–Kier alpha value is -0.610. The number of ether oxygens (including phenoxy) is 1. The molecule has 0 aromatic carbocycles. The Bertz CT molecular complexity index is 269. The van der Waals surface area contributed by atoms with Gasteiger partial charge in [0.25, 0.3) is 0 Å². The van der Waals surface area contributed by atoms with Crippen molar-refractivity contribution in [2.45, 2.75) is 38.9 Å². The molecule has 16 heavy (non-hydrogen) atoms. The van der Waals surface area contributed by atoms with Crippen LogP contribution < -0.4 is 0 Å². The molecule has 1 N–H and O–H groups in total. The number of carboxylic acids is 1. The van der Waals surface area contributed by atoms with Gasteiger partial charge in [0.05, 0.1) is 18.1 Å². The Morgan fingerprint density at radius 3 is 2.62 bits per heavy atom. The molecule has 2 saturated heterocycles. The van der Waals surface area contributed by atoms with Crippen LogP contribution in [0.1, 0.15) is 26.7 Å². The van der Waals surface area contributed by atoms with Gasteiger partial charge in [-0.1, -0.05) is 6.92 Å². The lowest BCUT2D eigenvalue weighted by Gasteiger charge is -2.20. The molecule has 4 atom stereocenters. The summed E-state index contributed by atoms with van der Waals surface area (Å²) in [5.41, 5.74) is 0. The molecule has 0 aromatic heterocycles. The van der Waals surface area contributed by atoms with Gasteiger partial charge in [0.2, 0.25) is 0 Å². The van der Waals surface area contributed by atoms with Crippen molar-refractivity contribution in [1.82, 2.24) is 4.90 Å². The minimum Gasteiger partial charge on any atom is -0.481 e. The molecule has 0 saturated carbocycles. The first kappa shape index (κ1) is 11.9. The van der Waals surface area contributed by atoms with Crippen LogP contribution in [-0.4, -0.2) is 47.8 Å². The zero-order valence-electron chi connectivity index (χ0n) is 10.1. The summed E-state index contributed by atoms with van der Waals surface area (Å²) in [4.78, 5) is 13.2. The molecule has 0 aromatic rings. The standard InChI is InChI=1S/C12H21NO3/c1-8-5-13(7-11(8)12(14)15)6-10-4-3-9(2)16-10/h8-11H,3-7H2,1-2H3,(H,14,15)/t8-,9?,10?,11-/m1/s1. The van der Waals surface area contributed by atoms with E-state index >= 15 is 0 Å². The third kappa shape index (κ3) is 2.55. The molecular formula is C12H21NO3. The minimum absolute atomic E-state index is 0.196. The van der Waals surface area contributed by atoms with Gasteiger partial charge in [-0.2, -0.15) is 0 Å². The fraction of sp³-hybridized carbons (Fsp3) is 0.917. The van der Waals surface area contributed by atoms with Gasteiger partial charge in [-0.05, 0) is 25.7 Å². The Balaban J connectivity index is 1.82. The van der Waals surface area contributed by atoms with Crippen LogP contribution in [0.25, 0.3) is 0 Å². The zero-order chi connectivity index (χ0) is 11.7. The maximum Gasteiger partial charge on any atom is 0.308 e. The minimum atomic E-state index is -0.657. The maximum absolute atomic E-state index is 11.0. The normalized spacial score (nSPS) is 40.4. The number of rotatable bonds is 3. The average Bonchev–Trinajstić information content (AvgIpc) is 2.73. The van der Waals surface area contributed by atoms with E-state index in [1.807, 2.05) is 6.92 Å². The number of hydrogen-bond donors (Lipinski definition) is 1. The highest BCUT2D eigenvalue weighted by molar-refractivity contribution is 5.71. The fourth-order valence-corrected chi connectivity index (χ4v) is 2.85. The first-order valence-electron chi connectivity index (χ1n) is 6.17. The lowest BCUT2D eigenvalue weighted by Crippen LogP contribution is -2.31. The summed E-state index contributed by atoms with van der Waals surface area (Å²) < 4.78 is 5.77. The van der Waals surface area contributed by atoms with Crippen molar-refractivity contribution in [1.29, 1.82) is 0 Å². The molecule has 4 nitrogen and oxygen atoms in total. The van der Waals surface area contributed by atoms with Gasteiger partial charge >= 0.3 is 5.97 Å². The van der Waals surface area contributed by atoms with Crippen molar-refractivity contribution in [3.8, 4) is 0 Å². The molecule has 0 bridgehead atoms. The summed E-state index contributed by atoms with van der Waals surface area (Å²) in [6, 6.07) is 0. The van der Waals surface area contributed by atoms with Crippen LogP contribution in [0.4, 0.5) is 0 Å². The molecule has 2 heterocycles. The van der Waals surface area contributed by atoms with E-state index in [2.05, 4.69) is 11.8 Å². The summed E-state index contributed by atoms with van der Waals surface area (Å²) in [6.45, 7) is 6.61. The Kier molecular flexibility index (Phi) is 3.50. The molecule has 92 valence electrons. The number of likely N-dealkylation sites (tertiary alicyclic amines) is 1. The van der Waals surface area contributed by atoms with Gasteiger partial charge in [0, 0.05) is 19.6 Å². The van der Waals surface area contributed by atoms with Crippen LogP contribution in [0.3, 0.4) is 0 Å². The Labute approximate surface area is 96.6 Å². The second kappa shape index (κ2) is 4.72. The fourth-order valence-electron chi connectivity index (χ4n) is 2.85. The topological polar surface area (TPSA) is 49.8 Å². The van der Waals surface area contributed by atoms with Crippen LogP contribution in [0.5, 0.6) is 0 Å². The number of nitrogens with zero attached hydrogens (tertiary/aromatic N) is 1. The third-order valence-electron chi connectivity index (χ3n) is 3.79. The van der Waals surface area contributed by atoms with Gasteiger partial charge in [0.15, 0.2) is 0 Å². The van der Waals surface area contributed by atoms with Crippen molar-refractivity contribution in [2.24, 2.45) is 11.8 Å². The van der Waals surface area contributed by atoms with E-state index in [9.17, 15) is 4.79 Å². The van der Waals surface area contributed by atoms with Gasteiger partial charge in [-0.3, -0.25) is 9.69 Å². The third-order valence-corrected chi connectivity index (χ3v) is 3.79. The van der Waals surface area contributed by atoms with Gasteiger partial charge in [0.1, 0.15) is 0 Å². The van der Waals surface area contributed by atoms with Gasteiger partial charge < -0.3 is 9.84 Å². The molecule has 2 aliphatic heterocycles. The summed E-state index contributed by atoms with van der Waals surface area (Å²) in [5, 5.41) is 9.05. The monoisotopic (exact) mass is 227 g/mol. The van der Waals surface area contributed by atoms with E-state index in [4.69, 9.17) is 9.84 Å². The van der Waals surface area contributed by atoms with Gasteiger partial charge in [-0.25, -0.2) is 0 Å². The molecule has 0 aliphatic carbocycles. The van der Waals surface area contributed by atoms with Crippen LogP contribution in [0, 0.1) is 11.8 Å². The predicted octanol–water partition coefficient (Wildman–Crippen LogP) is 1.21. The zero-order valence-corrected chi connectivity index (χ0v) is 10.1. The van der Waals surface area contributed by atoms with Crippen molar-refractivity contribution in [2.75, 3.05) is 19.6 Å². The molecule has 2 aliphatic rings. The molecular weight excluding hydrogens is 206 g/mol. The highest BCUT2D eigenvalue weighted by atomic mass is 16.5. The van der Waals surface area contributed by atoms with Crippen LogP contribution in [-0.2, 0) is 9.53 Å². The maximum atomic E-state index is 11.0. The Morgan fingerprint density at radius 1 is 1.38 bits per heavy atom. The Morgan fingerprint density at radius 2 is 2.12 bits per heavy atom. The van der Waals surface area contributed by atoms with E-state index in [0.29, 0.717) is 18.8 Å². The second-order valence-corrected chi connectivity index (χ2v) is 5.29. The van der Waals surface area contributed by atoms with Gasteiger partial charge in [-0.15, -0.1) is 0 Å². The molecule has 2 rings (SSSR count). The highest BCUT2D eigenvalue weighted by Gasteiger charge is 2.36. The van der Waals surface area contributed by atoms with E-state index in [0.717, 1.165) is 25.9 Å². The highest BCUT2D eigenvalue weighted by Crippen LogP contribution is 2.26. The summed E-state index contributed by atoms with van der Waals surface area (Å²) in [6.07, 6.45) is 2.94. The van der Waals surface area contributed by atoms with Crippen LogP contribution >= 0.6 is 0 Å². The average molecular weight is 227 g/mol. The first-order chi connectivity index (χ1) is 7.56. The number of hydrogen-bond acceptors (Lipinski definition) is 3. The van der Waals surface area contributed by atoms with Crippen molar-refractivity contribution in [3.05, 3.63) is 0 Å². The van der Waals surface area contributed by atoms with Crippen molar-refractivity contribution in [3.63, 3.8) is 0 Å². The van der Waals surface area contributed by atoms with Crippen molar-refractivity contribution >= 4 is 5.97 Å². The van der Waals surface area contributed by atoms with Crippen LogP contribution in [0.2, 0.25) is 0 Å². The molecule has 0 spiro atoms. The summed E-state index contributed by atoms with van der Waals surface area (Å²) >= 11 is 0. The summed E-state index contributed by atoms with van der Waals surface area (Å²) in [7, 11) is 0. The predicted molar refractivity (Wildman–Crippen MR) is 60.3 cm³/mol.